The van der Waals surface area contributed by atoms with E-state index in [0.29, 0.717) is 19.4 Å². The highest BCUT2D eigenvalue weighted by molar-refractivity contribution is 5.76. The minimum absolute atomic E-state index is 0.00287. The van der Waals surface area contributed by atoms with Crippen molar-refractivity contribution in [2.24, 2.45) is 0 Å². The summed E-state index contributed by atoms with van der Waals surface area (Å²) in [7, 11) is 0. The molecule has 1 fully saturated rings. The minimum Gasteiger partial charge on any atom is -0.466 e. The number of hydrogen-bond donors (Lipinski definition) is 6. The van der Waals surface area contributed by atoms with Crippen LogP contribution in [0.2, 0.25) is 0 Å². The van der Waals surface area contributed by atoms with Crippen LogP contribution in [0.3, 0.4) is 0 Å². The van der Waals surface area contributed by atoms with Gasteiger partial charge in [-0.05, 0) is 89.9 Å². The zero-order valence-electron chi connectivity index (χ0n) is 59.3. The highest BCUT2D eigenvalue weighted by atomic mass is 16.7. The number of allylic oxidation sites excluding steroid dienone is 9. The number of rotatable bonds is 69. The van der Waals surface area contributed by atoms with E-state index < -0.39 is 49.5 Å². The molecule has 0 aliphatic carbocycles. The molecule has 0 aromatic heterocycles. The van der Waals surface area contributed by atoms with Gasteiger partial charge in [0.05, 0.1) is 32.0 Å². The maximum absolute atomic E-state index is 13.1. The van der Waals surface area contributed by atoms with Crippen LogP contribution >= 0.6 is 0 Å². The van der Waals surface area contributed by atoms with Gasteiger partial charge in [-0.2, -0.15) is 0 Å². The minimum atomic E-state index is -1.57. The lowest BCUT2D eigenvalue weighted by molar-refractivity contribution is -0.302. The first-order chi connectivity index (χ1) is 44.7. The number of carbonyl (C=O) groups is 2. The van der Waals surface area contributed by atoms with E-state index in [9.17, 15) is 35.1 Å². The van der Waals surface area contributed by atoms with Crippen molar-refractivity contribution in [3.63, 3.8) is 0 Å². The van der Waals surface area contributed by atoms with Crippen LogP contribution in [0.15, 0.2) is 60.8 Å². The smallest absolute Gasteiger partial charge is 0.305 e. The van der Waals surface area contributed by atoms with Gasteiger partial charge in [0, 0.05) is 12.8 Å². The van der Waals surface area contributed by atoms with Gasteiger partial charge in [-0.3, -0.25) is 9.59 Å². The van der Waals surface area contributed by atoms with E-state index in [2.05, 4.69) is 67.8 Å². The van der Waals surface area contributed by atoms with Crippen molar-refractivity contribution in [3.8, 4) is 0 Å². The zero-order chi connectivity index (χ0) is 65.8. The third-order valence-electron chi connectivity index (χ3n) is 18.3. The summed E-state index contributed by atoms with van der Waals surface area (Å²) in [6, 6.07) is -0.809. The van der Waals surface area contributed by atoms with Crippen LogP contribution in [0.5, 0.6) is 0 Å². The number of carbonyl (C=O) groups excluding carboxylic acids is 2. The van der Waals surface area contributed by atoms with Crippen LogP contribution in [0, 0.1) is 0 Å². The molecule has 0 spiro atoms. The molecule has 0 bridgehead atoms. The summed E-state index contributed by atoms with van der Waals surface area (Å²) in [4.78, 5) is 25.1. The first-order valence-electron chi connectivity index (χ1n) is 39.1. The Kier molecular flexibility index (Phi) is 65.2. The van der Waals surface area contributed by atoms with Gasteiger partial charge in [0.15, 0.2) is 6.29 Å². The molecule has 7 atom stereocenters. The molecule has 11 heteroatoms. The Morgan fingerprint density at radius 2 is 0.758 bits per heavy atom. The number of amides is 1. The lowest BCUT2D eigenvalue weighted by Gasteiger charge is -2.40. The van der Waals surface area contributed by atoms with E-state index in [1.54, 1.807) is 6.08 Å². The average molecular weight is 1280 g/mol. The molecule has 1 heterocycles. The monoisotopic (exact) mass is 1280 g/mol. The van der Waals surface area contributed by atoms with Crippen molar-refractivity contribution in [3.05, 3.63) is 60.8 Å². The SMILES string of the molecule is CCC/C=C\C/C=C\CCCCCCCC(=O)OCCCCCCCCCCCCCCC/C=C\C/C=C\CCCCCCCCCCCCCCCCCCCC(=O)NC(COC1OC(CO)C(O)C(O)C1O)C(O)/C=C/CCCCCCCCCCCCC. The third-order valence-corrected chi connectivity index (χ3v) is 18.3. The number of aliphatic hydroxyl groups excluding tert-OH is 5. The first kappa shape index (κ1) is 86.4. The number of unbranched alkanes of at least 4 members (excludes halogenated alkanes) is 47. The van der Waals surface area contributed by atoms with E-state index in [1.165, 1.54) is 276 Å². The van der Waals surface area contributed by atoms with Crippen molar-refractivity contribution < 1.29 is 49.3 Å². The van der Waals surface area contributed by atoms with Crippen LogP contribution in [-0.4, -0.2) is 100 Å². The molecule has 11 nitrogen and oxygen atoms in total. The zero-order valence-corrected chi connectivity index (χ0v) is 59.3. The molecule has 1 amide bonds. The van der Waals surface area contributed by atoms with Crippen LogP contribution in [0.1, 0.15) is 373 Å². The van der Waals surface area contributed by atoms with E-state index >= 15 is 0 Å². The predicted molar refractivity (Wildman–Crippen MR) is 384 cm³/mol. The van der Waals surface area contributed by atoms with Gasteiger partial charge < -0.3 is 45.1 Å². The van der Waals surface area contributed by atoms with Gasteiger partial charge in [0.1, 0.15) is 24.4 Å². The van der Waals surface area contributed by atoms with Gasteiger partial charge in [0.2, 0.25) is 5.91 Å². The summed E-state index contributed by atoms with van der Waals surface area (Å²) in [6.07, 6.45) is 82.4. The van der Waals surface area contributed by atoms with Crippen LogP contribution in [-0.2, 0) is 23.8 Å². The second-order valence-corrected chi connectivity index (χ2v) is 27.1. The maximum Gasteiger partial charge on any atom is 0.305 e. The van der Waals surface area contributed by atoms with Crippen molar-refractivity contribution >= 4 is 11.9 Å². The number of hydrogen-bond acceptors (Lipinski definition) is 10. The Balaban J connectivity index is 1.92. The molecular weight excluding hydrogens is 1130 g/mol. The van der Waals surface area contributed by atoms with Gasteiger partial charge >= 0.3 is 5.97 Å². The summed E-state index contributed by atoms with van der Waals surface area (Å²) in [5.41, 5.74) is 0. The van der Waals surface area contributed by atoms with Crippen molar-refractivity contribution in [1.82, 2.24) is 5.32 Å². The first-order valence-corrected chi connectivity index (χ1v) is 39.1. The second-order valence-electron chi connectivity index (χ2n) is 27.1. The summed E-state index contributed by atoms with van der Waals surface area (Å²) in [6.45, 7) is 4.31. The van der Waals surface area contributed by atoms with Crippen LogP contribution in [0.25, 0.3) is 0 Å². The average Bonchev–Trinajstić information content (AvgIpc) is 2.14. The van der Waals surface area contributed by atoms with Crippen LogP contribution in [0.4, 0.5) is 0 Å². The summed E-state index contributed by atoms with van der Waals surface area (Å²) in [5.74, 6) is -0.180. The fraction of sp³-hybridized carbons (Fsp3) is 0.850. The Hall–Kier alpha value is -2.64. The number of aliphatic hydroxyl groups is 5. The van der Waals surface area contributed by atoms with Gasteiger partial charge in [-0.15, -0.1) is 0 Å². The molecule has 0 aromatic carbocycles. The quantitative estimate of drug-likeness (QED) is 0.0195. The molecule has 1 saturated heterocycles. The van der Waals surface area contributed by atoms with E-state index in [0.717, 1.165) is 70.6 Å². The Labute approximate surface area is 560 Å². The Bertz CT molecular complexity index is 1700. The molecule has 0 aromatic rings. The largest absolute Gasteiger partial charge is 0.466 e. The fourth-order valence-corrected chi connectivity index (χ4v) is 12.2. The molecular formula is C80H147NO10. The molecule has 0 radical (unpaired) electrons. The van der Waals surface area contributed by atoms with E-state index in [-0.39, 0.29) is 18.5 Å². The molecule has 1 aliphatic heterocycles. The molecule has 532 valence electrons. The van der Waals surface area contributed by atoms with Crippen molar-refractivity contribution in [1.29, 1.82) is 0 Å². The molecule has 1 rings (SSSR count). The number of ether oxygens (including phenoxy) is 3. The predicted octanol–water partition coefficient (Wildman–Crippen LogP) is 20.9. The van der Waals surface area contributed by atoms with Crippen LogP contribution < -0.4 is 5.32 Å². The summed E-state index contributed by atoms with van der Waals surface area (Å²) in [5, 5.41) is 54.6. The van der Waals surface area contributed by atoms with Gasteiger partial charge in [-0.25, -0.2) is 0 Å². The molecule has 1 aliphatic rings. The summed E-state index contributed by atoms with van der Waals surface area (Å²) < 4.78 is 16.8. The highest BCUT2D eigenvalue weighted by Crippen LogP contribution is 2.24. The topological polar surface area (TPSA) is 175 Å². The Morgan fingerprint density at radius 3 is 1.15 bits per heavy atom. The molecule has 6 N–H and O–H groups in total. The number of nitrogens with one attached hydrogen (secondary N) is 1. The summed E-state index contributed by atoms with van der Waals surface area (Å²) >= 11 is 0. The Morgan fingerprint density at radius 1 is 0.407 bits per heavy atom. The second kappa shape index (κ2) is 68.7. The normalized spacial score (nSPS) is 17.9. The molecule has 7 unspecified atom stereocenters. The van der Waals surface area contributed by atoms with Crippen molar-refractivity contribution in [2.45, 2.75) is 416 Å². The highest BCUT2D eigenvalue weighted by Gasteiger charge is 2.44. The number of esters is 1. The van der Waals surface area contributed by atoms with Gasteiger partial charge in [0.25, 0.3) is 0 Å². The third kappa shape index (κ3) is 57.3. The maximum atomic E-state index is 13.1. The lowest BCUT2D eigenvalue weighted by Crippen LogP contribution is -2.60. The standard InChI is InChI=1S/C80H147NO10/c1-3-5-7-9-11-13-15-42-46-50-54-58-62-66-73(83)72(71-90-80-79(88)78(87)77(86)74(70-82)91-80)81-75(84)67-63-59-55-51-47-44-40-38-36-34-32-30-28-26-24-22-20-18-17-19-21-23-25-27-29-31-33-35-37-39-41-45-49-53-57-61-65-69-89-76(85)68-64-60-56-52-48-43-16-14-12-10-8-6-4-2/h8,10,14,16-17,19,23,25,62,66,72-74,77-80,82-83,86-88H,3-7,9,11-13,15,18,20-22,24,26-61,63-65,67-71H2,1-2H3,(H,81,84)/b10-8-,16-14-,19-17-,25-23-,66-62+. The van der Waals surface area contributed by atoms with E-state index in [1.807, 2.05) is 6.08 Å². The lowest BCUT2D eigenvalue weighted by atomic mass is 9.99. The van der Waals surface area contributed by atoms with E-state index in [4.69, 9.17) is 14.2 Å². The molecule has 91 heavy (non-hydrogen) atoms. The van der Waals surface area contributed by atoms with Crippen molar-refractivity contribution in [2.75, 3.05) is 19.8 Å². The molecule has 0 saturated carbocycles. The van der Waals surface area contributed by atoms with Gasteiger partial charge in [-0.1, -0.05) is 331 Å². The fourth-order valence-electron chi connectivity index (χ4n) is 12.2.